The lowest BCUT2D eigenvalue weighted by molar-refractivity contribution is -0.121. The third kappa shape index (κ3) is 4.38. The summed E-state index contributed by atoms with van der Waals surface area (Å²) in [5.74, 6) is -0.522. The molecule has 0 bridgehead atoms. The number of likely N-dealkylation sites (N-methyl/N-ethyl adjacent to an activating group) is 1. The molecule has 7 nitrogen and oxygen atoms in total. The van der Waals surface area contributed by atoms with Crippen LogP contribution in [-0.4, -0.2) is 38.1 Å². The Morgan fingerprint density at radius 1 is 0.909 bits per heavy atom. The van der Waals surface area contributed by atoms with Crippen molar-refractivity contribution >= 4 is 27.4 Å². The number of ketones is 1. The number of hydrogen-bond acceptors (Lipinski definition) is 5. The summed E-state index contributed by atoms with van der Waals surface area (Å²) < 4.78 is 32.7. The maximum Gasteiger partial charge on any atom is 0.264 e. The summed E-state index contributed by atoms with van der Waals surface area (Å²) in [4.78, 5) is 26.2. The number of allylic oxidation sites excluding steroid dienone is 1. The minimum Gasteiger partial charge on any atom is -0.484 e. The third-order valence-corrected chi connectivity index (χ3v) is 7.07. The fourth-order valence-corrected chi connectivity index (χ4v) is 4.93. The van der Waals surface area contributed by atoms with Gasteiger partial charge in [0.2, 0.25) is 5.78 Å². The average molecular weight is 463 g/mol. The molecule has 0 aromatic heterocycles. The van der Waals surface area contributed by atoms with E-state index < -0.39 is 21.7 Å². The van der Waals surface area contributed by atoms with Crippen LogP contribution in [0.4, 0.5) is 0 Å². The Morgan fingerprint density at radius 3 is 2.24 bits per heavy atom. The molecule has 168 valence electrons. The highest BCUT2D eigenvalue weighted by molar-refractivity contribution is 7.89. The molecule has 0 saturated heterocycles. The van der Waals surface area contributed by atoms with Crippen molar-refractivity contribution < 1.29 is 22.7 Å². The van der Waals surface area contributed by atoms with Crippen molar-refractivity contribution in [3.63, 3.8) is 0 Å². The van der Waals surface area contributed by atoms with E-state index in [9.17, 15) is 18.0 Å². The molecule has 33 heavy (non-hydrogen) atoms. The largest absolute Gasteiger partial charge is 0.484 e. The Labute approximate surface area is 192 Å². The lowest BCUT2D eigenvalue weighted by atomic mass is 10.0. The number of hydrogen-bond donors (Lipinski definition) is 1. The summed E-state index contributed by atoms with van der Waals surface area (Å²) in [6.45, 7) is 1.64. The Kier molecular flexibility index (Phi) is 6.02. The lowest BCUT2D eigenvalue weighted by Crippen LogP contribution is -2.40. The van der Waals surface area contributed by atoms with Crippen molar-refractivity contribution in [3.8, 4) is 5.75 Å². The van der Waals surface area contributed by atoms with Crippen LogP contribution in [-0.2, 0) is 14.8 Å². The van der Waals surface area contributed by atoms with Gasteiger partial charge in [0.15, 0.2) is 6.61 Å². The summed E-state index contributed by atoms with van der Waals surface area (Å²) in [6.07, 6.45) is 0. The quantitative estimate of drug-likeness (QED) is 0.567. The van der Waals surface area contributed by atoms with Gasteiger partial charge in [-0.15, -0.1) is 0 Å². The summed E-state index contributed by atoms with van der Waals surface area (Å²) in [5.41, 5.74) is 1.59. The lowest BCUT2D eigenvalue weighted by Gasteiger charge is -2.31. The molecule has 1 heterocycles. The van der Waals surface area contributed by atoms with Crippen LogP contribution < -0.4 is 10.1 Å². The van der Waals surface area contributed by atoms with E-state index in [1.54, 1.807) is 60.7 Å². The standard InChI is InChI=1S/C25H22N2O5S/c1-17-12-14-19(15-13-17)32-16-22(28)26-23-20-10-6-7-11-21(20)33(30,31)27(2)24(23)25(29)18-8-4-3-5-9-18/h3-15H,16H2,1-2H3,(H,26,28). The Bertz CT molecular complexity index is 1350. The maximum atomic E-state index is 13.4. The Morgan fingerprint density at radius 2 is 1.55 bits per heavy atom. The number of amides is 1. The summed E-state index contributed by atoms with van der Waals surface area (Å²) in [5, 5.41) is 2.71. The molecule has 0 radical (unpaired) electrons. The zero-order valence-electron chi connectivity index (χ0n) is 18.1. The molecule has 1 aliphatic rings. The fraction of sp³-hybridized carbons (Fsp3) is 0.120. The monoisotopic (exact) mass is 462 g/mol. The highest BCUT2D eigenvalue weighted by Gasteiger charge is 2.38. The maximum absolute atomic E-state index is 13.4. The second-order valence-electron chi connectivity index (χ2n) is 7.54. The molecule has 3 aromatic carbocycles. The van der Waals surface area contributed by atoms with Crippen molar-refractivity contribution in [2.24, 2.45) is 0 Å². The summed E-state index contributed by atoms with van der Waals surface area (Å²) in [6, 6.07) is 21.8. The smallest absolute Gasteiger partial charge is 0.264 e. The number of rotatable bonds is 6. The molecule has 0 spiro atoms. The van der Waals surface area contributed by atoms with E-state index in [2.05, 4.69) is 5.32 Å². The van der Waals surface area contributed by atoms with Crippen LogP contribution in [0, 0.1) is 6.92 Å². The van der Waals surface area contributed by atoms with E-state index in [0.717, 1.165) is 9.87 Å². The zero-order chi connectivity index (χ0) is 23.6. The Hall–Kier alpha value is -3.91. The van der Waals surface area contributed by atoms with E-state index in [-0.39, 0.29) is 28.5 Å². The molecule has 3 aromatic rings. The van der Waals surface area contributed by atoms with Crippen LogP contribution in [0.15, 0.2) is 89.5 Å². The molecule has 0 aliphatic carbocycles. The predicted molar refractivity (Wildman–Crippen MR) is 124 cm³/mol. The number of carbonyl (C=O) groups excluding carboxylic acids is 2. The molecule has 8 heteroatoms. The molecule has 1 aliphatic heterocycles. The molecule has 1 amide bonds. The normalized spacial score (nSPS) is 14.4. The van der Waals surface area contributed by atoms with Gasteiger partial charge in [-0.3, -0.25) is 13.9 Å². The van der Waals surface area contributed by atoms with Crippen LogP contribution in [0.1, 0.15) is 21.5 Å². The molecule has 0 unspecified atom stereocenters. The van der Waals surface area contributed by atoms with Crippen molar-refractivity contribution in [2.75, 3.05) is 13.7 Å². The fourth-order valence-electron chi connectivity index (χ4n) is 3.52. The van der Waals surface area contributed by atoms with E-state index in [1.165, 1.54) is 13.1 Å². The highest BCUT2D eigenvalue weighted by Crippen LogP contribution is 2.35. The van der Waals surface area contributed by atoms with Gasteiger partial charge in [-0.05, 0) is 25.1 Å². The number of nitrogens with one attached hydrogen (secondary N) is 1. The van der Waals surface area contributed by atoms with Crippen LogP contribution in [0.2, 0.25) is 0 Å². The van der Waals surface area contributed by atoms with E-state index in [1.807, 2.05) is 19.1 Å². The molecule has 0 atom stereocenters. The number of sulfonamides is 1. The number of aryl methyl sites for hydroxylation is 1. The van der Waals surface area contributed by atoms with Gasteiger partial charge in [0.25, 0.3) is 15.9 Å². The van der Waals surface area contributed by atoms with Gasteiger partial charge in [-0.25, -0.2) is 8.42 Å². The number of benzene rings is 3. The van der Waals surface area contributed by atoms with E-state index >= 15 is 0 Å². The first-order valence-corrected chi connectivity index (χ1v) is 11.6. The van der Waals surface area contributed by atoms with Gasteiger partial charge in [0.1, 0.15) is 11.4 Å². The number of carbonyl (C=O) groups is 2. The van der Waals surface area contributed by atoms with Crippen LogP contribution in [0.5, 0.6) is 5.75 Å². The average Bonchev–Trinajstić information content (AvgIpc) is 2.83. The third-order valence-electron chi connectivity index (χ3n) is 5.25. The molecular weight excluding hydrogens is 440 g/mol. The number of fused-ring (bicyclic) bond motifs is 1. The number of ether oxygens (including phenoxy) is 1. The van der Waals surface area contributed by atoms with E-state index in [4.69, 9.17) is 4.74 Å². The minimum absolute atomic E-state index is 0.00636. The second kappa shape index (κ2) is 8.91. The molecular formula is C25H22N2O5S. The predicted octanol–water partition coefficient (Wildman–Crippen LogP) is 3.38. The van der Waals surface area contributed by atoms with Crippen molar-refractivity contribution in [1.82, 2.24) is 9.62 Å². The van der Waals surface area contributed by atoms with Gasteiger partial charge in [-0.2, -0.15) is 0 Å². The van der Waals surface area contributed by atoms with Crippen molar-refractivity contribution in [2.45, 2.75) is 11.8 Å². The molecule has 1 N–H and O–H groups in total. The van der Waals surface area contributed by atoms with Crippen LogP contribution in [0.3, 0.4) is 0 Å². The van der Waals surface area contributed by atoms with Crippen molar-refractivity contribution in [1.29, 1.82) is 0 Å². The first-order valence-electron chi connectivity index (χ1n) is 10.2. The highest BCUT2D eigenvalue weighted by atomic mass is 32.2. The number of Topliss-reactive ketones (excluding diaryl/α,β-unsaturated/α-hetero) is 1. The molecule has 0 saturated carbocycles. The van der Waals surface area contributed by atoms with Crippen LogP contribution in [0.25, 0.3) is 5.70 Å². The SMILES string of the molecule is Cc1ccc(OCC(=O)NC2=C(C(=O)c3ccccc3)N(C)S(=O)(=O)c3ccccc32)cc1. The Balaban J connectivity index is 1.73. The molecule has 4 rings (SSSR count). The van der Waals surface area contributed by atoms with Gasteiger partial charge >= 0.3 is 0 Å². The first kappa shape index (κ1) is 22.3. The first-order chi connectivity index (χ1) is 15.8. The van der Waals surface area contributed by atoms with Gasteiger partial charge in [-0.1, -0.05) is 66.2 Å². The summed E-state index contributed by atoms with van der Waals surface area (Å²) in [7, 11) is -2.68. The zero-order valence-corrected chi connectivity index (χ0v) is 18.9. The van der Waals surface area contributed by atoms with Crippen LogP contribution >= 0.6 is 0 Å². The molecule has 0 fully saturated rings. The van der Waals surface area contributed by atoms with Gasteiger partial charge in [0, 0.05) is 18.2 Å². The topological polar surface area (TPSA) is 92.8 Å². The van der Waals surface area contributed by atoms with Gasteiger partial charge < -0.3 is 10.1 Å². The van der Waals surface area contributed by atoms with Gasteiger partial charge in [0.05, 0.1) is 10.6 Å². The number of nitrogens with zero attached hydrogens (tertiary/aromatic N) is 1. The van der Waals surface area contributed by atoms with Crippen molar-refractivity contribution in [3.05, 3.63) is 101 Å². The summed E-state index contributed by atoms with van der Waals surface area (Å²) >= 11 is 0. The second-order valence-corrected chi connectivity index (χ2v) is 9.48. The minimum atomic E-state index is -3.98. The van der Waals surface area contributed by atoms with E-state index in [0.29, 0.717) is 11.3 Å².